The lowest BCUT2D eigenvalue weighted by Gasteiger charge is -2.40. The molecule has 1 fully saturated rings. The number of hydrogen-bond acceptors (Lipinski definition) is 7. The van der Waals surface area contributed by atoms with Gasteiger partial charge in [-0.05, 0) is 48.6 Å². The first-order valence-corrected chi connectivity index (χ1v) is 9.80. The number of carbonyl (C=O) groups is 1. The predicted octanol–water partition coefficient (Wildman–Crippen LogP) is 1.37. The van der Waals surface area contributed by atoms with Crippen LogP contribution in [0.4, 0.5) is 5.95 Å². The first-order chi connectivity index (χ1) is 14.0. The minimum absolute atomic E-state index is 0.0400. The summed E-state index contributed by atoms with van der Waals surface area (Å²) in [5.41, 5.74) is 9.44. The van der Waals surface area contributed by atoms with E-state index in [1.165, 1.54) is 4.80 Å². The number of amides is 1. The highest BCUT2D eigenvalue weighted by molar-refractivity contribution is 5.94. The summed E-state index contributed by atoms with van der Waals surface area (Å²) in [6.07, 6.45) is 5.75. The molecule has 2 aliphatic rings. The Balaban J connectivity index is 1.38. The number of aromatic nitrogens is 6. The molecule has 29 heavy (non-hydrogen) atoms. The van der Waals surface area contributed by atoms with Gasteiger partial charge in [0, 0.05) is 35.8 Å². The van der Waals surface area contributed by atoms with Gasteiger partial charge in [0.1, 0.15) is 0 Å². The van der Waals surface area contributed by atoms with Gasteiger partial charge in [0.25, 0.3) is 5.91 Å². The van der Waals surface area contributed by atoms with E-state index in [1.54, 1.807) is 7.05 Å². The smallest absolute Gasteiger partial charge is 0.253 e. The van der Waals surface area contributed by atoms with Crippen molar-refractivity contribution in [3.05, 3.63) is 47.3 Å². The van der Waals surface area contributed by atoms with Crippen molar-refractivity contribution in [3.63, 3.8) is 0 Å². The molecule has 0 bridgehead atoms. The Morgan fingerprint density at radius 2 is 2.03 bits per heavy atom. The predicted molar refractivity (Wildman–Crippen MR) is 106 cm³/mol. The summed E-state index contributed by atoms with van der Waals surface area (Å²) in [7, 11) is 1.72. The van der Waals surface area contributed by atoms with Crippen molar-refractivity contribution in [1.29, 1.82) is 0 Å². The summed E-state index contributed by atoms with van der Waals surface area (Å²) in [5.74, 6) is 0.892. The fraction of sp³-hybridized carbons (Fsp3) is 0.400. The lowest BCUT2D eigenvalue weighted by Crippen LogP contribution is -2.48. The maximum atomic E-state index is 13.2. The number of aryl methyl sites for hydroxylation is 2. The third kappa shape index (κ3) is 3.02. The van der Waals surface area contributed by atoms with Crippen LogP contribution in [0.25, 0.3) is 11.4 Å². The Labute approximate surface area is 168 Å². The average molecular weight is 390 g/mol. The van der Waals surface area contributed by atoms with Crippen LogP contribution in [0, 0.1) is 0 Å². The van der Waals surface area contributed by atoms with Crippen LogP contribution in [-0.4, -0.2) is 54.1 Å². The van der Waals surface area contributed by atoms with Crippen molar-refractivity contribution in [2.24, 2.45) is 7.05 Å². The van der Waals surface area contributed by atoms with Gasteiger partial charge in [-0.25, -0.2) is 9.97 Å². The van der Waals surface area contributed by atoms with Crippen molar-refractivity contribution in [2.45, 2.75) is 31.1 Å². The lowest BCUT2D eigenvalue weighted by atomic mass is 9.77. The van der Waals surface area contributed by atoms with Crippen LogP contribution in [0.3, 0.4) is 0 Å². The second-order valence-electron chi connectivity index (χ2n) is 7.89. The topological polar surface area (TPSA) is 116 Å². The molecule has 5 rings (SSSR count). The molecule has 3 aromatic rings. The van der Waals surface area contributed by atoms with Crippen LogP contribution < -0.4 is 5.73 Å². The van der Waals surface area contributed by atoms with E-state index < -0.39 is 0 Å². The number of tetrazole rings is 1. The van der Waals surface area contributed by atoms with Gasteiger partial charge >= 0.3 is 0 Å². The number of piperidine rings is 1. The normalized spacial score (nSPS) is 20.8. The molecule has 3 heterocycles. The maximum Gasteiger partial charge on any atom is 0.253 e. The molecule has 1 amide bonds. The second kappa shape index (κ2) is 6.61. The van der Waals surface area contributed by atoms with Crippen molar-refractivity contribution < 1.29 is 4.79 Å². The highest BCUT2D eigenvalue weighted by Crippen LogP contribution is 2.44. The summed E-state index contributed by atoms with van der Waals surface area (Å²) in [5, 5.41) is 12.1. The molecule has 1 aromatic carbocycles. The summed E-state index contributed by atoms with van der Waals surface area (Å²) in [6.45, 7) is 1.42. The molecule has 9 nitrogen and oxygen atoms in total. The van der Waals surface area contributed by atoms with Crippen LogP contribution in [0.15, 0.2) is 30.5 Å². The molecule has 1 saturated heterocycles. The Hall–Kier alpha value is -3.36. The fourth-order valence-electron chi connectivity index (χ4n) is 4.60. The monoisotopic (exact) mass is 390 g/mol. The lowest BCUT2D eigenvalue weighted by molar-refractivity contribution is 0.0633. The SMILES string of the molecule is Cn1nnc(-c2ccc(C(=O)N3CCCC4(CCc5cnc(N)nc54)C3)cc2)n1. The minimum Gasteiger partial charge on any atom is -0.368 e. The zero-order chi connectivity index (χ0) is 20.0. The van der Waals surface area contributed by atoms with E-state index in [2.05, 4.69) is 25.4 Å². The zero-order valence-corrected chi connectivity index (χ0v) is 16.2. The van der Waals surface area contributed by atoms with Crippen molar-refractivity contribution in [1.82, 2.24) is 35.1 Å². The number of hydrogen-bond donors (Lipinski definition) is 1. The molecule has 0 radical (unpaired) electrons. The molecule has 1 spiro atoms. The third-order valence-corrected chi connectivity index (χ3v) is 6.02. The van der Waals surface area contributed by atoms with Gasteiger partial charge in [0.05, 0.1) is 12.7 Å². The van der Waals surface area contributed by atoms with Crippen LogP contribution in [0.2, 0.25) is 0 Å². The van der Waals surface area contributed by atoms with Crippen LogP contribution in [0.1, 0.15) is 40.9 Å². The van der Waals surface area contributed by atoms with Gasteiger partial charge in [0.2, 0.25) is 11.8 Å². The Morgan fingerprint density at radius 3 is 2.79 bits per heavy atom. The zero-order valence-electron chi connectivity index (χ0n) is 16.2. The van der Waals surface area contributed by atoms with Crippen molar-refractivity contribution >= 4 is 11.9 Å². The Morgan fingerprint density at radius 1 is 1.21 bits per heavy atom. The van der Waals surface area contributed by atoms with Crippen molar-refractivity contribution in [2.75, 3.05) is 18.8 Å². The van der Waals surface area contributed by atoms with E-state index in [0.717, 1.165) is 49.0 Å². The van der Waals surface area contributed by atoms with E-state index in [-0.39, 0.29) is 11.3 Å². The second-order valence-corrected chi connectivity index (χ2v) is 7.89. The molecule has 1 aliphatic heterocycles. The van der Waals surface area contributed by atoms with Crippen LogP contribution in [0.5, 0.6) is 0 Å². The molecular weight excluding hydrogens is 368 g/mol. The van der Waals surface area contributed by atoms with E-state index in [1.807, 2.05) is 35.4 Å². The third-order valence-electron chi connectivity index (χ3n) is 6.02. The van der Waals surface area contributed by atoms with Gasteiger partial charge < -0.3 is 10.6 Å². The molecule has 0 saturated carbocycles. The van der Waals surface area contributed by atoms with Gasteiger partial charge in [-0.15, -0.1) is 10.2 Å². The number of rotatable bonds is 2. The van der Waals surface area contributed by atoms with Crippen molar-refractivity contribution in [3.8, 4) is 11.4 Å². The molecule has 1 aliphatic carbocycles. The fourth-order valence-corrected chi connectivity index (χ4v) is 4.60. The van der Waals surface area contributed by atoms with E-state index in [9.17, 15) is 4.79 Å². The number of benzene rings is 1. The Kier molecular flexibility index (Phi) is 4.04. The maximum absolute atomic E-state index is 13.2. The largest absolute Gasteiger partial charge is 0.368 e. The highest BCUT2D eigenvalue weighted by Gasteiger charge is 2.44. The molecule has 2 aromatic heterocycles. The molecule has 9 heteroatoms. The number of likely N-dealkylation sites (tertiary alicyclic amines) is 1. The number of nitrogens with zero attached hydrogens (tertiary/aromatic N) is 7. The minimum atomic E-state index is -0.107. The molecular formula is C20H22N8O. The van der Waals surface area contributed by atoms with Gasteiger partial charge in [-0.3, -0.25) is 4.79 Å². The quantitative estimate of drug-likeness (QED) is 0.702. The molecule has 1 unspecified atom stereocenters. The summed E-state index contributed by atoms with van der Waals surface area (Å²) < 4.78 is 0. The molecule has 2 N–H and O–H groups in total. The first kappa shape index (κ1) is 17.7. The molecule has 1 atom stereocenters. The summed E-state index contributed by atoms with van der Waals surface area (Å²) >= 11 is 0. The summed E-state index contributed by atoms with van der Waals surface area (Å²) in [6, 6.07) is 7.39. The van der Waals surface area contributed by atoms with Crippen LogP contribution in [-0.2, 0) is 18.9 Å². The Bertz CT molecular complexity index is 1070. The molecule has 148 valence electrons. The standard InChI is InChI=1S/C20H22N8O/c1-27-25-17(24-26-27)13-3-5-14(6-4-13)18(29)28-10-2-8-20(12-28)9-7-15-11-22-19(21)23-16(15)20/h3-6,11H,2,7-10,12H2,1H3,(H2,21,22,23). The van der Waals surface area contributed by atoms with E-state index in [0.29, 0.717) is 23.9 Å². The summed E-state index contributed by atoms with van der Waals surface area (Å²) in [4.78, 5) is 25.2. The average Bonchev–Trinajstić information content (AvgIpc) is 3.32. The van der Waals surface area contributed by atoms with E-state index in [4.69, 9.17) is 5.73 Å². The van der Waals surface area contributed by atoms with Gasteiger partial charge in [-0.1, -0.05) is 12.1 Å². The van der Waals surface area contributed by atoms with Gasteiger partial charge in [-0.2, -0.15) is 4.80 Å². The first-order valence-electron chi connectivity index (χ1n) is 9.80. The van der Waals surface area contributed by atoms with Crippen LogP contribution >= 0.6 is 0 Å². The number of carbonyl (C=O) groups excluding carboxylic acids is 1. The number of nitrogen functional groups attached to an aromatic ring is 1. The highest BCUT2D eigenvalue weighted by atomic mass is 16.2. The van der Waals surface area contributed by atoms with Gasteiger partial charge in [0.15, 0.2) is 0 Å². The van der Waals surface area contributed by atoms with E-state index >= 15 is 0 Å². The number of anilines is 1. The number of fused-ring (bicyclic) bond motifs is 2. The number of nitrogens with two attached hydrogens (primary N) is 1.